The number of ether oxygens (including phenoxy) is 1. The molecule has 0 spiro atoms. The van der Waals surface area contributed by atoms with Gasteiger partial charge in [-0.3, -0.25) is 9.59 Å². The third-order valence-corrected chi connectivity index (χ3v) is 4.43. The van der Waals surface area contributed by atoms with E-state index < -0.39 is 23.7 Å². The number of carbonyl (C=O) groups is 2. The van der Waals surface area contributed by atoms with Gasteiger partial charge in [-0.25, -0.2) is 0 Å². The Labute approximate surface area is 166 Å². The fourth-order valence-electron chi connectivity index (χ4n) is 2.50. The van der Waals surface area contributed by atoms with E-state index in [1.54, 1.807) is 45.3 Å². The lowest BCUT2D eigenvalue weighted by molar-refractivity contribution is -0.885. The molecule has 0 fully saturated rings. The van der Waals surface area contributed by atoms with Gasteiger partial charge in [-0.1, -0.05) is 0 Å². The van der Waals surface area contributed by atoms with Crippen molar-refractivity contribution >= 4 is 23.2 Å². The van der Waals surface area contributed by atoms with Crippen LogP contribution in [0.1, 0.15) is 12.5 Å². The van der Waals surface area contributed by atoms with Crippen LogP contribution in [0.4, 0.5) is 24.5 Å². The first-order valence-electron chi connectivity index (χ1n) is 8.84. The highest BCUT2D eigenvalue weighted by Gasteiger charge is 2.30. The average molecular weight is 410 g/mol. The van der Waals surface area contributed by atoms with Gasteiger partial charge in [0.05, 0.1) is 19.7 Å². The summed E-state index contributed by atoms with van der Waals surface area (Å²) in [5, 5.41) is 5.30. The fraction of sp³-hybridized carbons (Fsp3) is 0.300. The van der Waals surface area contributed by atoms with Crippen LogP contribution in [0.5, 0.6) is 5.75 Å². The van der Waals surface area contributed by atoms with E-state index in [0.29, 0.717) is 16.3 Å². The van der Waals surface area contributed by atoms with Crippen molar-refractivity contribution < 1.29 is 32.4 Å². The zero-order valence-electron chi connectivity index (χ0n) is 16.3. The maximum absolute atomic E-state index is 12.6. The Hall–Kier alpha value is -3.07. The van der Waals surface area contributed by atoms with Crippen LogP contribution < -0.4 is 20.3 Å². The van der Waals surface area contributed by atoms with Crippen LogP contribution in [-0.4, -0.2) is 38.6 Å². The number of halogens is 3. The lowest BCUT2D eigenvalue weighted by Crippen LogP contribution is -3.14. The first kappa shape index (κ1) is 22.2. The Morgan fingerprint density at radius 1 is 1.00 bits per heavy atom. The molecule has 0 aromatic heterocycles. The lowest BCUT2D eigenvalue weighted by atomic mass is 10.2. The Morgan fingerprint density at radius 2 is 1.52 bits per heavy atom. The molecule has 29 heavy (non-hydrogen) atoms. The molecular weight excluding hydrogens is 387 g/mol. The molecule has 2 amide bonds. The van der Waals surface area contributed by atoms with Gasteiger partial charge in [-0.05, 0) is 55.5 Å². The van der Waals surface area contributed by atoms with Crippen LogP contribution in [0, 0.1) is 0 Å². The molecule has 6 nitrogen and oxygen atoms in total. The number of rotatable bonds is 7. The number of amides is 2. The van der Waals surface area contributed by atoms with E-state index in [2.05, 4.69) is 10.6 Å². The number of quaternary nitrogens is 1. The second-order valence-electron chi connectivity index (χ2n) is 6.59. The summed E-state index contributed by atoms with van der Waals surface area (Å²) < 4.78 is 42.8. The zero-order chi connectivity index (χ0) is 21.6. The maximum Gasteiger partial charge on any atom is 0.416 e. The quantitative estimate of drug-likeness (QED) is 0.655. The number of carbonyl (C=O) groups excluding carboxylic acids is 2. The molecule has 0 saturated carbocycles. The Morgan fingerprint density at radius 3 is 2.03 bits per heavy atom. The number of nitrogens with one attached hydrogen (secondary N) is 3. The molecule has 2 aromatic rings. The summed E-state index contributed by atoms with van der Waals surface area (Å²) >= 11 is 0. The molecule has 9 heteroatoms. The summed E-state index contributed by atoms with van der Waals surface area (Å²) in [5.74, 6) is -0.0133. The second-order valence-corrected chi connectivity index (χ2v) is 6.59. The van der Waals surface area contributed by atoms with Gasteiger partial charge in [0.1, 0.15) is 5.75 Å². The summed E-state index contributed by atoms with van der Waals surface area (Å²) in [7, 11) is 3.23. The van der Waals surface area contributed by atoms with Crippen LogP contribution in [-0.2, 0) is 15.8 Å². The fourth-order valence-corrected chi connectivity index (χ4v) is 2.50. The zero-order valence-corrected chi connectivity index (χ0v) is 16.3. The van der Waals surface area contributed by atoms with Crippen molar-refractivity contribution in [2.45, 2.75) is 19.1 Å². The molecule has 0 heterocycles. The summed E-state index contributed by atoms with van der Waals surface area (Å²) in [6.07, 6.45) is -4.43. The molecule has 0 radical (unpaired) electrons. The van der Waals surface area contributed by atoms with Gasteiger partial charge in [0.15, 0.2) is 12.6 Å². The molecule has 3 N–H and O–H groups in total. The predicted octanol–water partition coefficient (Wildman–Crippen LogP) is 2.19. The van der Waals surface area contributed by atoms with Crippen molar-refractivity contribution in [1.29, 1.82) is 0 Å². The highest BCUT2D eigenvalue weighted by molar-refractivity contribution is 5.94. The molecule has 0 aliphatic heterocycles. The highest BCUT2D eigenvalue weighted by atomic mass is 19.4. The second kappa shape index (κ2) is 9.42. The lowest BCUT2D eigenvalue weighted by Gasteiger charge is -2.20. The van der Waals surface area contributed by atoms with Crippen LogP contribution in [0.3, 0.4) is 0 Å². The van der Waals surface area contributed by atoms with Gasteiger partial charge in [0.2, 0.25) is 0 Å². The van der Waals surface area contributed by atoms with Gasteiger partial charge in [0, 0.05) is 11.4 Å². The summed E-state index contributed by atoms with van der Waals surface area (Å²) in [4.78, 5) is 25.2. The summed E-state index contributed by atoms with van der Waals surface area (Å²) in [6.45, 7) is 1.67. The first-order valence-corrected chi connectivity index (χ1v) is 8.84. The van der Waals surface area contributed by atoms with Gasteiger partial charge in [-0.2, -0.15) is 13.2 Å². The van der Waals surface area contributed by atoms with Gasteiger partial charge in [0.25, 0.3) is 11.8 Å². The number of alkyl halides is 3. The van der Waals surface area contributed by atoms with Crippen LogP contribution in [0.25, 0.3) is 0 Å². The third-order valence-electron chi connectivity index (χ3n) is 4.43. The molecule has 0 saturated heterocycles. The Bertz CT molecular complexity index is 837. The molecular formula is C20H23F3N3O3+. The standard InChI is InChI=1S/C20H22F3N3O3/c1-13(19(28)25-16-6-4-14(5-7-16)20(21,22)23)26(2)12-18(27)24-15-8-10-17(29-3)11-9-15/h4-11,13H,12H2,1-3H3,(H,24,27)(H,25,28)/p+1/t13-/m1/s1. The topological polar surface area (TPSA) is 71.9 Å². The van der Waals surface area contributed by atoms with E-state index in [1.807, 2.05) is 0 Å². The minimum absolute atomic E-state index is 0.0353. The number of methoxy groups -OCH3 is 1. The number of hydrogen-bond acceptors (Lipinski definition) is 3. The minimum atomic E-state index is -4.43. The van der Waals surface area contributed by atoms with Crippen molar-refractivity contribution in [2.24, 2.45) is 0 Å². The summed E-state index contributed by atoms with van der Waals surface area (Å²) in [6, 6.07) is 10.4. The maximum atomic E-state index is 12.6. The van der Waals surface area contributed by atoms with E-state index in [4.69, 9.17) is 4.74 Å². The van der Waals surface area contributed by atoms with Crippen LogP contribution in [0.2, 0.25) is 0 Å². The molecule has 0 bridgehead atoms. The average Bonchev–Trinajstić information content (AvgIpc) is 2.67. The van der Waals surface area contributed by atoms with Gasteiger partial charge >= 0.3 is 6.18 Å². The van der Waals surface area contributed by atoms with E-state index >= 15 is 0 Å². The highest BCUT2D eigenvalue weighted by Crippen LogP contribution is 2.29. The van der Waals surface area contributed by atoms with Crippen LogP contribution in [0.15, 0.2) is 48.5 Å². The normalized spacial score (nSPS) is 13.3. The minimum Gasteiger partial charge on any atom is -0.497 e. The molecule has 1 unspecified atom stereocenters. The summed E-state index contributed by atoms with van der Waals surface area (Å²) in [5.41, 5.74) is 0.0669. The van der Waals surface area contributed by atoms with Crippen molar-refractivity contribution in [3.8, 4) is 5.75 Å². The van der Waals surface area contributed by atoms with Gasteiger partial charge in [-0.15, -0.1) is 0 Å². The molecule has 0 aliphatic rings. The van der Waals surface area contributed by atoms with E-state index in [0.717, 1.165) is 12.1 Å². The number of benzene rings is 2. The van der Waals surface area contributed by atoms with Crippen molar-refractivity contribution in [3.05, 3.63) is 54.1 Å². The van der Waals surface area contributed by atoms with Crippen molar-refractivity contribution in [2.75, 3.05) is 31.3 Å². The van der Waals surface area contributed by atoms with E-state index in [9.17, 15) is 22.8 Å². The SMILES string of the molecule is COc1ccc(NC(=O)C[NH+](C)[C@H](C)C(=O)Nc2ccc(C(F)(F)F)cc2)cc1. The number of likely N-dealkylation sites (N-methyl/N-ethyl adjacent to an activating group) is 1. The Kier molecular flexibility index (Phi) is 7.22. The van der Waals surface area contributed by atoms with Crippen LogP contribution >= 0.6 is 0 Å². The molecule has 2 aromatic carbocycles. The molecule has 2 atom stereocenters. The van der Waals surface area contributed by atoms with Crippen molar-refractivity contribution in [1.82, 2.24) is 0 Å². The van der Waals surface area contributed by atoms with E-state index in [1.165, 1.54) is 12.1 Å². The molecule has 0 aliphatic carbocycles. The Balaban J connectivity index is 1.88. The first-order chi connectivity index (χ1) is 13.6. The predicted molar refractivity (Wildman–Crippen MR) is 103 cm³/mol. The van der Waals surface area contributed by atoms with Gasteiger partial charge < -0.3 is 20.3 Å². The smallest absolute Gasteiger partial charge is 0.416 e. The number of hydrogen-bond donors (Lipinski definition) is 3. The number of anilines is 2. The van der Waals surface area contributed by atoms with Crippen molar-refractivity contribution in [3.63, 3.8) is 0 Å². The monoisotopic (exact) mass is 410 g/mol. The van der Waals surface area contributed by atoms with E-state index in [-0.39, 0.29) is 18.1 Å². The molecule has 2 rings (SSSR count). The molecule has 156 valence electrons. The largest absolute Gasteiger partial charge is 0.497 e. The third kappa shape index (κ3) is 6.49.